The van der Waals surface area contributed by atoms with Crippen LogP contribution in [0.2, 0.25) is 0 Å². The first-order valence-electron chi connectivity index (χ1n) is 8.80. The molecule has 1 aromatic carbocycles. The largest absolute Gasteiger partial charge is 0.320 e. The molecule has 1 aliphatic rings. The molecule has 1 N–H and O–H groups in total. The third-order valence-corrected chi connectivity index (χ3v) is 7.67. The maximum absolute atomic E-state index is 13.0. The highest BCUT2D eigenvalue weighted by Crippen LogP contribution is 2.28. The highest BCUT2D eigenvalue weighted by Gasteiger charge is 2.29. The molecule has 6 nitrogen and oxygen atoms in total. The van der Waals surface area contributed by atoms with E-state index in [9.17, 15) is 13.2 Å². The number of hydrogen-bond acceptors (Lipinski definition) is 5. The van der Waals surface area contributed by atoms with Gasteiger partial charge >= 0.3 is 0 Å². The molecule has 26 heavy (non-hydrogen) atoms. The van der Waals surface area contributed by atoms with E-state index in [2.05, 4.69) is 10.3 Å². The van der Waals surface area contributed by atoms with E-state index in [0.29, 0.717) is 29.3 Å². The lowest BCUT2D eigenvalue weighted by Crippen LogP contribution is -2.36. The van der Waals surface area contributed by atoms with E-state index in [1.165, 1.54) is 15.6 Å². The molecule has 0 radical (unpaired) electrons. The molecular weight excluding hydrogens is 370 g/mol. The molecule has 1 saturated heterocycles. The second-order valence-corrected chi connectivity index (χ2v) is 9.28. The zero-order chi connectivity index (χ0) is 18.7. The molecule has 0 bridgehead atoms. The number of rotatable bonds is 5. The van der Waals surface area contributed by atoms with Gasteiger partial charge in [0.25, 0.3) is 5.91 Å². The lowest BCUT2D eigenvalue weighted by atomic mass is 10.2. The summed E-state index contributed by atoms with van der Waals surface area (Å²) in [4.78, 5) is 17.7. The van der Waals surface area contributed by atoms with Gasteiger partial charge in [-0.25, -0.2) is 13.4 Å². The summed E-state index contributed by atoms with van der Waals surface area (Å²) in [6.45, 7) is 4.83. The summed E-state index contributed by atoms with van der Waals surface area (Å²) >= 11 is 1.35. The van der Waals surface area contributed by atoms with Gasteiger partial charge in [0.1, 0.15) is 9.77 Å². The zero-order valence-electron chi connectivity index (χ0n) is 15.0. The van der Waals surface area contributed by atoms with Crippen molar-refractivity contribution in [3.8, 4) is 0 Å². The van der Waals surface area contributed by atoms with E-state index in [-0.39, 0.29) is 10.8 Å². The number of aryl methyl sites for hydroxylation is 2. The van der Waals surface area contributed by atoms with Crippen molar-refractivity contribution in [2.24, 2.45) is 0 Å². The number of thiazole rings is 1. The van der Waals surface area contributed by atoms with E-state index < -0.39 is 10.0 Å². The van der Waals surface area contributed by atoms with Crippen molar-refractivity contribution in [1.29, 1.82) is 0 Å². The number of hydrogen-bond donors (Lipinski definition) is 1. The van der Waals surface area contributed by atoms with Crippen LogP contribution in [0, 0.1) is 6.92 Å². The first-order valence-corrected chi connectivity index (χ1v) is 11.1. The van der Waals surface area contributed by atoms with E-state index in [1.807, 2.05) is 6.92 Å². The fourth-order valence-electron chi connectivity index (χ4n) is 3.03. The summed E-state index contributed by atoms with van der Waals surface area (Å²) in [6, 6.07) is 6.59. The van der Waals surface area contributed by atoms with Crippen LogP contribution in [0.15, 0.2) is 29.2 Å². The zero-order valence-corrected chi connectivity index (χ0v) is 16.6. The Labute approximate surface area is 158 Å². The number of anilines is 1. The van der Waals surface area contributed by atoms with Gasteiger partial charge in [-0.05, 0) is 38.3 Å². The maximum atomic E-state index is 13.0. The van der Waals surface area contributed by atoms with Gasteiger partial charge in [-0.15, -0.1) is 11.3 Å². The van der Waals surface area contributed by atoms with Gasteiger partial charge in [0.2, 0.25) is 10.0 Å². The molecule has 1 fully saturated rings. The van der Waals surface area contributed by atoms with Crippen molar-refractivity contribution in [2.45, 2.75) is 44.4 Å². The van der Waals surface area contributed by atoms with Crippen LogP contribution in [0.3, 0.4) is 0 Å². The Morgan fingerprint density at radius 2 is 1.92 bits per heavy atom. The Morgan fingerprint density at radius 3 is 2.58 bits per heavy atom. The van der Waals surface area contributed by atoms with E-state index in [0.717, 1.165) is 30.7 Å². The van der Waals surface area contributed by atoms with Gasteiger partial charge in [-0.3, -0.25) is 4.79 Å². The lowest BCUT2D eigenvalue weighted by molar-refractivity contribution is 0.102. The number of sulfonamides is 1. The van der Waals surface area contributed by atoms with Crippen LogP contribution >= 0.6 is 11.3 Å². The number of amides is 1. The minimum atomic E-state index is -3.62. The average molecular weight is 394 g/mol. The molecular formula is C18H23N3O3S2. The summed E-state index contributed by atoms with van der Waals surface area (Å²) in [7, 11) is -3.62. The van der Waals surface area contributed by atoms with Crippen molar-refractivity contribution < 1.29 is 13.2 Å². The van der Waals surface area contributed by atoms with Crippen molar-refractivity contribution in [3.05, 3.63) is 39.8 Å². The minimum absolute atomic E-state index is 0.146. The summed E-state index contributed by atoms with van der Waals surface area (Å²) < 4.78 is 27.5. The maximum Gasteiger partial charge on any atom is 0.267 e. The van der Waals surface area contributed by atoms with Gasteiger partial charge < -0.3 is 5.32 Å². The van der Waals surface area contributed by atoms with Crippen LogP contribution in [0.5, 0.6) is 0 Å². The summed E-state index contributed by atoms with van der Waals surface area (Å²) in [5.74, 6) is -0.319. The molecule has 0 spiro atoms. The standard InChI is InChI=1S/C18H23N3O3S2/c1-3-16-19-13(2)17(25-16)18(22)20-14-9-5-6-10-15(14)26(23,24)21-11-7-4-8-12-21/h5-6,9-10H,3-4,7-8,11-12H2,1-2H3,(H,20,22). The molecule has 140 valence electrons. The van der Waals surface area contributed by atoms with Crippen LogP contribution in [0.1, 0.15) is 46.6 Å². The summed E-state index contributed by atoms with van der Waals surface area (Å²) in [5, 5.41) is 3.67. The molecule has 0 aliphatic carbocycles. The number of para-hydroxylation sites is 1. The smallest absolute Gasteiger partial charge is 0.267 e. The highest BCUT2D eigenvalue weighted by atomic mass is 32.2. The van der Waals surface area contributed by atoms with Crippen molar-refractivity contribution in [1.82, 2.24) is 9.29 Å². The van der Waals surface area contributed by atoms with Crippen LogP contribution in [0.25, 0.3) is 0 Å². The van der Waals surface area contributed by atoms with Gasteiger partial charge in [0.15, 0.2) is 0 Å². The molecule has 1 amide bonds. The first-order chi connectivity index (χ1) is 12.4. The van der Waals surface area contributed by atoms with Crippen LogP contribution in [-0.4, -0.2) is 36.7 Å². The number of aromatic nitrogens is 1. The first kappa shape index (κ1) is 19.0. The predicted octanol–water partition coefficient (Wildman–Crippen LogP) is 3.44. The Morgan fingerprint density at radius 1 is 1.23 bits per heavy atom. The van der Waals surface area contributed by atoms with Crippen LogP contribution in [-0.2, 0) is 16.4 Å². The fraction of sp³-hybridized carbons (Fsp3) is 0.444. The molecule has 0 atom stereocenters. The second-order valence-electron chi connectivity index (χ2n) is 6.29. The minimum Gasteiger partial charge on any atom is -0.320 e. The molecule has 3 rings (SSSR count). The number of nitrogens with one attached hydrogen (secondary N) is 1. The fourth-order valence-corrected chi connectivity index (χ4v) is 5.60. The predicted molar refractivity (Wildman–Crippen MR) is 103 cm³/mol. The molecule has 1 aromatic heterocycles. The van der Waals surface area contributed by atoms with Crippen molar-refractivity contribution in [3.63, 3.8) is 0 Å². The number of carbonyl (C=O) groups is 1. The summed E-state index contributed by atoms with van der Waals surface area (Å²) in [6.07, 6.45) is 3.55. The quantitative estimate of drug-likeness (QED) is 0.844. The van der Waals surface area contributed by atoms with E-state index in [4.69, 9.17) is 0 Å². The third-order valence-electron chi connectivity index (χ3n) is 4.42. The van der Waals surface area contributed by atoms with E-state index >= 15 is 0 Å². The SMILES string of the molecule is CCc1nc(C)c(C(=O)Nc2ccccc2S(=O)(=O)N2CCCCC2)s1. The molecule has 0 saturated carbocycles. The van der Waals surface area contributed by atoms with Crippen LogP contribution in [0.4, 0.5) is 5.69 Å². The normalized spacial score (nSPS) is 15.8. The molecule has 8 heteroatoms. The second kappa shape index (κ2) is 7.85. The third kappa shape index (κ3) is 3.82. The van der Waals surface area contributed by atoms with Crippen molar-refractivity contribution >= 4 is 33.0 Å². The Kier molecular flexibility index (Phi) is 5.74. The molecule has 0 unspecified atom stereocenters. The molecule has 2 heterocycles. The monoisotopic (exact) mass is 393 g/mol. The number of benzene rings is 1. The highest BCUT2D eigenvalue weighted by molar-refractivity contribution is 7.89. The Bertz CT molecular complexity index is 900. The Hall–Kier alpha value is -1.77. The molecule has 1 aliphatic heterocycles. The van der Waals surface area contributed by atoms with E-state index in [1.54, 1.807) is 31.2 Å². The Balaban J connectivity index is 1.89. The lowest BCUT2D eigenvalue weighted by Gasteiger charge is -2.26. The van der Waals surface area contributed by atoms with Crippen molar-refractivity contribution in [2.75, 3.05) is 18.4 Å². The number of carbonyl (C=O) groups excluding carboxylic acids is 1. The average Bonchev–Trinajstić information content (AvgIpc) is 3.04. The molecule has 2 aromatic rings. The number of piperidine rings is 1. The topological polar surface area (TPSA) is 79.4 Å². The van der Waals surface area contributed by atoms with Crippen LogP contribution < -0.4 is 5.32 Å². The summed E-state index contributed by atoms with van der Waals surface area (Å²) in [5.41, 5.74) is 0.981. The van der Waals surface area contributed by atoms with Gasteiger partial charge in [0.05, 0.1) is 16.4 Å². The van der Waals surface area contributed by atoms with Gasteiger partial charge in [-0.1, -0.05) is 25.5 Å². The van der Waals surface area contributed by atoms with Gasteiger partial charge in [0, 0.05) is 13.1 Å². The van der Waals surface area contributed by atoms with Gasteiger partial charge in [-0.2, -0.15) is 4.31 Å². The number of nitrogens with zero attached hydrogens (tertiary/aromatic N) is 2.